The maximum absolute atomic E-state index is 12.2. The lowest BCUT2D eigenvalue weighted by atomic mass is 10.1. The molecule has 0 aliphatic heterocycles. The van der Waals surface area contributed by atoms with E-state index in [0.717, 1.165) is 12.8 Å². The van der Waals surface area contributed by atoms with Gasteiger partial charge in [0.1, 0.15) is 0 Å². The minimum Gasteiger partial charge on any atom is -0.352 e. The lowest BCUT2D eigenvalue weighted by Gasteiger charge is -2.20. The van der Waals surface area contributed by atoms with Crippen molar-refractivity contribution in [2.75, 3.05) is 23.7 Å². The Kier molecular flexibility index (Phi) is 6.58. The zero-order valence-corrected chi connectivity index (χ0v) is 15.4. The molecule has 1 amide bonds. The van der Waals surface area contributed by atoms with E-state index in [1.54, 1.807) is 31.2 Å². The molecule has 0 saturated carbocycles. The van der Waals surface area contributed by atoms with Crippen molar-refractivity contribution in [2.24, 2.45) is 0 Å². The number of hydrogen-bond acceptors (Lipinski definition) is 3. The monoisotopic (exact) mass is 360 g/mol. The molecular weight excluding hydrogens is 336 g/mol. The summed E-state index contributed by atoms with van der Waals surface area (Å²) in [6.07, 6.45) is 2.95. The van der Waals surface area contributed by atoms with Crippen molar-refractivity contribution in [3.8, 4) is 0 Å². The molecule has 0 aliphatic carbocycles. The molecule has 2 aromatic rings. The Morgan fingerprint density at radius 1 is 1.04 bits per heavy atom. The maximum atomic E-state index is 12.2. The van der Waals surface area contributed by atoms with Crippen LogP contribution in [0.1, 0.15) is 29.3 Å². The van der Waals surface area contributed by atoms with Crippen LogP contribution < -0.4 is 9.62 Å². The fraction of sp³-hybridized carbons (Fsp3) is 0.316. The number of amides is 1. The zero-order chi connectivity index (χ0) is 18.3. The SMILES string of the molecule is CCN(c1ccc(C(=O)NCCCc2ccccc2)cc1)S(C)(=O)=O. The predicted molar refractivity (Wildman–Crippen MR) is 101 cm³/mol. The molecule has 0 aromatic heterocycles. The summed E-state index contributed by atoms with van der Waals surface area (Å²) in [5, 5.41) is 2.89. The third kappa shape index (κ3) is 5.60. The molecule has 5 nitrogen and oxygen atoms in total. The van der Waals surface area contributed by atoms with E-state index >= 15 is 0 Å². The van der Waals surface area contributed by atoms with E-state index in [2.05, 4.69) is 17.4 Å². The van der Waals surface area contributed by atoms with Crippen molar-refractivity contribution in [1.29, 1.82) is 0 Å². The van der Waals surface area contributed by atoms with Gasteiger partial charge in [-0.3, -0.25) is 9.10 Å². The first-order valence-corrected chi connectivity index (χ1v) is 10.2. The first kappa shape index (κ1) is 19.0. The van der Waals surface area contributed by atoms with Crippen LogP contribution in [0.4, 0.5) is 5.69 Å². The van der Waals surface area contributed by atoms with Crippen LogP contribution in [-0.2, 0) is 16.4 Å². The fourth-order valence-corrected chi connectivity index (χ4v) is 3.60. The van der Waals surface area contributed by atoms with Crippen molar-refractivity contribution < 1.29 is 13.2 Å². The lowest BCUT2D eigenvalue weighted by Crippen LogP contribution is -2.29. The first-order valence-electron chi connectivity index (χ1n) is 8.31. The molecule has 0 radical (unpaired) electrons. The van der Waals surface area contributed by atoms with Crippen LogP contribution in [0.3, 0.4) is 0 Å². The molecular formula is C19H24N2O3S. The molecule has 0 aliphatic rings. The van der Waals surface area contributed by atoms with Gasteiger partial charge in [0.2, 0.25) is 10.0 Å². The van der Waals surface area contributed by atoms with Gasteiger partial charge in [-0.25, -0.2) is 8.42 Å². The molecule has 0 fully saturated rings. The summed E-state index contributed by atoms with van der Waals surface area (Å²) in [5.41, 5.74) is 2.33. The maximum Gasteiger partial charge on any atom is 0.251 e. The van der Waals surface area contributed by atoms with E-state index in [9.17, 15) is 13.2 Å². The van der Waals surface area contributed by atoms with E-state index in [0.29, 0.717) is 24.3 Å². The second-order valence-corrected chi connectivity index (χ2v) is 7.73. The minimum atomic E-state index is -3.31. The average Bonchev–Trinajstić information content (AvgIpc) is 2.59. The zero-order valence-electron chi connectivity index (χ0n) is 14.6. The van der Waals surface area contributed by atoms with Crippen LogP contribution >= 0.6 is 0 Å². The molecule has 25 heavy (non-hydrogen) atoms. The number of sulfonamides is 1. The number of nitrogens with zero attached hydrogens (tertiary/aromatic N) is 1. The largest absolute Gasteiger partial charge is 0.352 e. The molecule has 2 aromatic carbocycles. The van der Waals surface area contributed by atoms with Gasteiger partial charge >= 0.3 is 0 Å². The Balaban J connectivity index is 1.88. The minimum absolute atomic E-state index is 0.151. The normalized spacial score (nSPS) is 11.1. The van der Waals surface area contributed by atoms with Gasteiger partial charge in [-0.2, -0.15) is 0 Å². The molecule has 0 spiro atoms. The molecule has 0 unspecified atom stereocenters. The van der Waals surface area contributed by atoms with Gasteiger partial charge in [-0.1, -0.05) is 30.3 Å². The molecule has 6 heteroatoms. The van der Waals surface area contributed by atoms with Crippen LogP contribution in [0.5, 0.6) is 0 Å². The average molecular weight is 360 g/mol. The third-order valence-electron chi connectivity index (χ3n) is 3.88. The second-order valence-electron chi connectivity index (χ2n) is 5.82. The van der Waals surface area contributed by atoms with E-state index in [-0.39, 0.29) is 5.91 Å². The van der Waals surface area contributed by atoms with Gasteiger partial charge in [-0.05, 0) is 49.6 Å². The van der Waals surface area contributed by atoms with Crippen LogP contribution in [0.2, 0.25) is 0 Å². The van der Waals surface area contributed by atoms with Gasteiger partial charge in [0, 0.05) is 18.7 Å². The molecule has 0 saturated heterocycles. The molecule has 0 heterocycles. The highest BCUT2D eigenvalue weighted by Crippen LogP contribution is 2.18. The van der Waals surface area contributed by atoms with E-state index in [1.165, 1.54) is 16.1 Å². The summed E-state index contributed by atoms with van der Waals surface area (Å²) in [6.45, 7) is 2.72. The highest BCUT2D eigenvalue weighted by Gasteiger charge is 2.15. The Hall–Kier alpha value is -2.34. The van der Waals surface area contributed by atoms with Crippen LogP contribution in [0.25, 0.3) is 0 Å². The Morgan fingerprint density at radius 3 is 2.24 bits per heavy atom. The highest BCUT2D eigenvalue weighted by molar-refractivity contribution is 7.92. The van der Waals surface area contributed by atoms with Crippen molar-refractivity contribution in [1.82, 2.24) is 5.32 Å². The Labute approximate surface area is 149 Å². The number of rotatable bonds is 8. The highest BCUT2D eigenvalue weighted by atomic mass is 32.2. The van der Waals surface area contributed by atoms with Gasteiger partial charge < -0.3 is 5.32 Å². The van der Waals surface area contributed by atoms with Crippen LogP contribution in [0.15, 0.2) is 54.6 Å². The summed E-state index contributed by atoms with van der Waals surface area (Å²) < 4.78 is 24.7. The Morgan fingerprint density at radius 2 is 1.68 bits per heavy atom. The quantitative estimate of drug-likeness (QED) is 0.736. The topological polar surface area (TPSA) is 66.5 Å². The molecule has 1 N–H and O–H groups in total. The smallest absolute Gasteiger partial charge is 0.251 e. The van der Waals surface area contributed by atoms with Crippen molar-refractivity contribution in [2.45, 2.75) is 19.8 Å². The van der Waals surface area contributed by atoms with Crippen molar-refractivity contribution >= 4 is 21.6 Å². The van der Waals surface area contributed by atoms with Gasteiger partial charge in [0.25, 0.3) is 5.91 Å². The number of anilines is 1. The number of aryl methyl sites for hydroxylation is 1. The Bertz CT molecular complexity index is 787. The van der Waals surface area contributed by atoms with E-state index in [4.69, 9.17) is 0 Å². The summed E-state index contributed by atoms with van der Waals surface area (Å²) in [5.74, 6) is -0.151. The van der Waals surface area contributed by atoms with Crippen molar-refractivity contribution in [3.63, 3.8) is 0 Å². The first-order chi connectivity index (χ1) is 11.9. The fourth-order valence-electron chi connectivity index (χ4n) is 2.63. The van der Waals surface area contributed by atoms with E-state index in [1.807, 2.05) is 18.2 Å². The van der Waals surface area contributed by atoms with Gasteiger partial charge in [0.05, 0.1) is 11.9 Å². The van der Waals surface area contributed by atoms with Crippen LogP contribution in [-0.4, -0.2) is 33.7 Å². The summed E-state index contributed by atoms with van der Waals surface area (Å²) in [6, 6.07) is 16.7. The standard InChI is InChI=1S/C19H24N2O3S/c1-3-21(25(2,23)24)18-13-11-17(12-14-18)19(22)20-15-7-10-16-8-5-4-6-9-16/h4-6,8-9,11-14H,3,7,10,15H2,1-2H3,(H,20,22). The summed E-state index contributed by atoms with van der Waals surface area (Å²) in [7, 11) is -3.31. The van der Waals surface area contributed by atoms with Crippen molar-refractivity contribution in [3.05, 3.63) is 65.7 Å². The number of benzene rings is 2. The van der Waals surface area contributed by atoms with Crippen LogP contribution in [0, 0.1) is 0 Å². The molecule has 0 atom stereocenters. The lowest BCUT2D eigenvalue weighted by molar-refractivity contribution is 0.0953. The summed E-state index contributed by atoms with van der Waals surface area (Å²) >= 11 is 0. The molecule has 2 rings (SSSR count). The predicted octanol–water partition coefficient (Wildman–Crippen LogP) is 2.84. The molecule has 134 valence electrons. The number of carbonyl (C=O) groups excluding carboxylic acids is 1. The third-order valence-corrected chi connectivity index (χ3v) is 5.15. The summed E-state index contributed by atoms with van der Waals surface area (Å²) in [4.78, 5) is 12.2. The van der Waals surface area contributed by atoms with E-state index < -0.39 is 10.0 Å². The van der Waals surface area contributed by atoms with Gasteiger partial charge in [-0.15, -0.1) is 0 Å². The number of nitrogens with one attached hydrogen (secondary N) is 1. The molecule has 0 bridgehead atoms. The second kappa shape index (κ2) is 8.67. The van der Waals surface area contributed by atoms with Gasteiger partial charge in [0.15, 0.2) is 0 Å². The number of carbonyl (C=O) groups is 1. The number of hydrogen-bond donors (Lipinski definition) is 1.